The maximum absolute atomic E-state index is 14.2. The number of halogens is 10. The van der Waals surface area contributed by atoms with E-state index in [0.717, 1.165) is 16.8 Å². The molecule has 0 unspecified atom stereocenters. The molecule has 0 aliphatic carbocycles. The van der Waals surface area contributed by atoms with Crippen LogP contribution in [-0.2, 0) is 38.8 Å². The summed E-state index contributed by atoms with van der Waals surface area (Å²) in [7, 11) is 3.07. The molecule has 2 aliphatic heterocycles. The fraction of sp³-hybridized carbons (Fsp3) is 0.188. The zero-order chi connectivity index (χ0) is 66.6. The molecule has 19 nitrogen and oxygen atoms in total. The van der Waals surface area contributed by atoms with Crippen molar-refractivity contribution >= 4 is 90.0 Å². The minimum atomic E-state index is -4.81. The first kappa shape index (κ1) is 66.6. The van der Waals surface area contributed by atoms with Gasteiger partial charge in [0, 0.05) is 87.9 Å². The van der Waals surface area contributed by atoms with Crippen LogP contribution in [0.3, 0.4) is 0 Å². The monoisotopic (exact) mass is 1440 g/mol. The minimum absolute atomic E-state index is 0.106. The molecule has 0 bridgehead atoms. The Morgan fingerprint density at radius 2 is 1.01 bits per heavy atom. The standard InChI is InChI=1S/C32H24BrClF3N5O4.C25H22F3N5O3.C7H4BrClO2/c1-38-28(43)19-4-7-22(8-5-19)41-29-21(14-18-2-9-23(10-3-18)46-32(35,36)37)16-39-42(29)27-17-40(13-12-24(27)31(41)45)30(44)20-6-11-25(33)26(34)15-20;1-29-22(34)16-4-6-18(7-5-16)32-23-17(12-15-2-8-19(9-3-15)36-25(26,27)28)13-31-33(23)21-14-30-11-10-20(21)24(32)35;8-5-2-1-4(7(10)11)3-6(5)9/h2-11,15-16H,12-14,17H2,1H3,(H,38,43);2-9,13,30H,10-12,14H2,1H3,(H,29,34);1-3H,(H,10,11). The van der Waals surface area contributed by atoms with E-state index < -0.39 is 18.7 Å². The highest BCUT2D eigenvalue weighted by Gasteiger charge is 2.33. The summed E-state index contributed by atoms with van der Waals surface area (Å²) in [4.78, 5) is 77.5. The summed E-state index contributed by atoms with van der Waals surface area (Å²) in [5.74, 6) is -2.41. The molecule has 0 atom stereocenters. The maximum atomic E-state index is 14.2. The Morgan fingerprint density at radius 1 is 0.591 bits per heavy atom. The molecule has 0 radical (unpaired) electrons. The van der Waals surface area contributed by atoms with Crippen molar-refractivity contribution in [3.63, 3.8) is 0 Å². The van der Waals surface area contributed by atoms with Crippen LogP contribution < -0.4 is 36.5 Å². The molecule has 0 saturated carbocycles. The Balaban J connectivity index is 0.000000178. The molecule has 2 aliphatic rings. The summed E-state index contributed by atoms with van der Waals surface area (Å²) in [6.07, 6.45) is -4.93. The molecule has 4 aromatic heterocycles. The number of amides is 3. The Labute approximate surface area is 550 Å². The number of carboxylic acids is 1. The summed E-state index contributed by atoms with van der Waals surface area (Å²) in [5, 5.41) is 26.9. The van der Waals surface area contributed by atoms with Gasteiger partial charge < -0.3 is 35.4 Å². The third kappa shape index (κ3) is 15.1. The maximum Gasteiger partial charge on any atom is 0.573 e. The van der Waals surface area contributed by atoms with Gasteiger partial charge in [0.2, 0.25) is 0 Å². The van der Waals surface area contributed by atoms with Gasteiger partial charge in [-0.05, 0) is 172 Å². The number of alkyl halides is 6. The van der Waals surface area contributed by atoms with Crippen molar-refractivity contribution in [3.05, 3.63) is 253 Å². The van der Waals surface area contributed by atoms with Gasteiger partial charge in [0.05, 0.1) is 57.3 Å². The van der Waals surface area contributed by atoms with Crippen molar-refractivity contribution in [2.75, 3.05) is 27.2 Å². The lowest BCUT2D eigenvalue weighted by atomic mass is 10.0. The molecular weight excluding hydrogens is 1400 g/mol. The number of benzene rings is 6. The highest BCUT2D eigenvalue weighted by Crippen LogP contribution is 2.31. The van der Waals surface area contributed by atoms with Crippen LogP contribution in [0, 0.1) is 0 Å². The summed E-state index contributed by atoms with van der Waals surface area (Å²) >= 11 is 18.4. The lowest BCUT2D eigenvalue weighted by Gasteiger charge is -2.30. The van der Waals surface area contributed by atoms with Crippen molar-refractivity contribution in [3.8, 4) is 22.9 Å². The van der Waals surface area contributed by atoms with Gasteiger partial charge in [-0.2, -0.15) is 10.2 Å². The number of nitrogens with zero attached hydrogens (tertiary/aromatic N) is 7. The molecule has 12 rings (SSSR count). The molecule has 3 amide bonds. The van der Waals surface area contributed by atoms with Gasteiger partial charge in [-0.1, -0.05) is 47.5 Å². The number of hydrogen-bond acceptors (Lipinski definition) is 11. The van der Waals surface area contributed by atoms with Gasteiger partial charge in [-0.3, -0.25) is 33.1 Å². The first-order valence-electron chi connectivity index (χ1n) is 28.0. The number of rotatable bonds is 12. The minimum Gasteiger partial charge on any atom is -0.478 e. The van der Waals surface area contributed by atoms with Gasteiger partial charge in [-0.25, -0.2) is 13.8 Å². The quantitative estimate of drug-likeness (QED) is 0.0838. The van der Waals surface area contributed by atoms with E-state index >= 15 is 0 Å². The van der Waals surface area contributed by atoms with Crippen LogP contribution >= 0.6 is 55.1 Å². The van der Waals surface area contributed by atoms with Crippen molar-refractivity contribution in [1.82, 2.24) is 49.2 Å². The smallest absolute Gasteiger partial charge is 0.478 e. The Hall–Kier alpha value is -9.28. The van der Waals surface area contributed by atoms with E-state index in [1.54, 1.807) is 123 Å². The molecule has 29 heteroatoms. The average molecular weight is 1450 g/mol. The number of ether oxygens (including phenoxy) is 2. The number of hydrogen-bond donors (Lipinski definition) is 4. The number of carboxylic acid groups (broad SMARTS) is 1. The second-order valence-electron chi connectivity index (χ2n) is 20.9. The predicted octanol–water partition coefficient (Wildman–Crippen LogP) is 11.7. The molecule has 0 spiro atoms. The van der Waals surface area contributed by atoms with Crippen LogP contribution in [0.15, 0.2) is 164 Å². The SMILES string of the molecule is CNC(=O)c1ccc(-n2c(=O)c3c(n4ncc(Cc5ccc(OC(F)(F)F)cc5)c24)CN(C(=O)c2ccc(Br)c(Cl)c2)CC3)cc1.CNC(=O)c1ccc(-n2c(=O)c3c(n4ncc(Cc5ccc(OC(F)(F)F)cc5)c24)CNCC3)cc1.O=C(O)c1ccc(Br)c(Cl)c1. The van der Waals surface area contributed by atoms with E-state index in [-0.39, 0.29) is 71.8 Å². The fourth-order valence-electron chi connectivity index (χ4n) is 10.6. The van der Waals surface area contributed by atoms with Gasteiger partial charge in [0.1, 0.15) is 22.8 Å². The van der Waals surface area contributed by atoms with Crippen molar-refractivity contribution in [2.24, 2.45) is 0 Å². The molecule has 93 heavy (non-hydrogen) atoms. The summed E-state index contributed by atoms with van der Waals surface area (Å²) in [6, 6.07) is 33.7. The van der Waals surface area contributed by atoms with Crippen LogP contribution in [0.5, 0.6) is 11.5 Å². The Kier molecular flexibility index (Phi) is 20.0. The van der Waals surface area contributed by atoms with E-state index in [9.17, 15) is 55.1 Å². The van der Waals surface area contributed by atoms with Gasteiger partial charge >= 0.3 is 18.7 Å². The summed E-state index contributed by atoms with van der Waals surface area (Å²) < 4.78 is 91.3. The van der Waals surface area contributed by atoms with Crippen LogP contribution in [0.4, 0.5) is 26.3 Å². The number of aromatic nitrogens is 6. The Morgan fingerprint density at radius 3 is 1.44 bits per heavy atom. The summed E-state index contributed by atoms with van der Waals surface area (Å²) in [6.45, 7) is 1.55. The summed E-state index contributed by atoms with van der Waals surface area (Å²) in [5.41, 5.74) is 8.24. The van der Waals surface area contributed by atoms with E-state index in [2.05, 4.69) is 67.5 Å². The zero-order valence-corrected chi connectivity index (χ0v) is 53.3. The predicted molar refractivity (Wildman–Crippen MR) is 339 cm³/mol. The lowest BCUT2D eigenvalue weighted by molar-refractivity contribution is -0.275. The molecule has 10 aromatic rings. The van der Waals surface area contributed by atoms with Gasteiger partial charge in [-0.15, -0.1) is 26.3 Å². The molecule has 0 saturated heterocycles. The van der Waals surface area contributed by atoms with Crippen LogP contribution in [0.1, 0.15) is 86.2 Å². The molecule has 480 valence electrons. The lowest BCUT2D eigenvalue weighted by Crippen LogP contribution is -2.41. The van der Waals surface area contributed by atoms with Gasteiger partial charge in [0.25, 0.3) is 28.8 Å². The van der Waals surface area contributed by atoms with Crippen molar-refractivity contribution in [2.45, 2.75) is 51.5 Å². The van der Waals surface area contributed by atoms with Crippen molar-refractivity contribution in [1.29, 1.82) is 0 Å². The zero-order valence-electron chi connectivity index (χ0n) is 48.6. The van der Waals surface area contributed by atoms with E-state index in [0.29, 0.717) is 112 Å². The first-order valence-corrected chi connectivity index (χ1v) is 30.4. The number of carbonyl (C=O) groups excluding carboxylic acids is 3. The van der Waals surface area contributed by atoms with Gasteiger partial charge in [0.15, 0.2) is 0 Å². The third-order valence-electron chi connectivity index (χ3n) is 15.0. The number of nitrogens with one attached hydrogen (secondary N) is 3. The molecule has 0 fully saturated rings. The van der Waals surface area contributed by atoms with E-state index in [1.807, 2.05) is 0 Å². The van der Waals surface area contributed by atoms with Crippen molar-refractivity contribution < 1.29 is 60.1 Å². The van der Waals surface area contributed by atoms with Crippen LogP contribution in [0.2, 0.25) is 10.0 Å². The highest BCUT2D eigenvalue weighted by molar-refractivity contribution is 9.10. The Bertz CT molecular complexity index is 4640. The van der Waals surface area contributed by atoms with E-state index in [1.165, 1.54) is 60.1 Å². The number of aromatic carboxylic acids is 1. The largest absolute Gasteiger partial charge is 0.573 e. The molecule has 4 N–H and O–H groups in total. The molecule has 6 aromatic carbocycles. The van der Waals surface area contributed by atoms with Crippen LogP contribution in [-0.4, -0.2) is 102 Å². The topological polar surface area (TPSA) is 225 Å². The van der Waals surface area contributed by atoms with Crippen LogP contribution in [0.25, 0.3) is 22.7 Å². The molecule has 6 heterocycles. The molecular formula is C64H50Br2Cl2F6N10O9. The second-order valence-corrected chi connectivity index (χ2v) is 23.4. The highest BCUT2D eigenvalue weighted by atomic mass is 79.9. The van der Waals surface area contributed by atoms with E-state index in [4.69, 9.17) is 28.3 Å². The first-order chi connectivity index (χ1) is 44.3. The third-order valence-corrected chi connectivity index (χ3v) is 17.4. The number of carbonyl (C=O) groups is 4. The second kappa shape index (κ2) is 27.9. The number of fused-ring (bicyclic) bond motifs is 6. The average Bonchev–Trinajstić information content (AvgIpc) is 1.70. The normalized spacial score (nSPS) is 12.8. The fourth-order valence-corrected chi connectivity index (χ4v) is 11.4.